The minimum Gasteiger partial charge on any atom is -0.355 e. The molecule has 0 fully saturated rings. The summed E-state index contributed by atoms with van der Waals surface area (Å²) in [5, 5.41) is 6.22. The lowest BCUT2D eigenvalue weighted by Crippen LogP contribution is -2.23. The van der Waals surface area contributed by atoms with Crippen molar-refractivity contribution < 1.29 is 4.79 Å². The second-order valence-electron chi connectivity index (χ2n) is 5.68. The quantitative estimate of drug-likeness (QED) is 0.650. The molecule has 1 aromatic heterocycles. The van der Waals surface area contributed by atoms with Crippen LogP contribution in [0.5, 0.6) is 0 Å². The summed E-state index contributed by atoms with van der Waals surface area (Å²) >= 11 is 3.46. The van der Waals surface area contributed by atoms with Crippen molar-refractivity contribution in [3.05, 3.63) is 88.2 Å². The van der Waals surface area contributed by atoms with Crippen LogP contribution in [-0.2, 0) is 6.54 Å². The van der Waals surface area contributed by atoms with Crippen LogP contribution in [0, 0.1) is 6.92 Å². The van der Waals surface area contributed by atoms with Crippen LogP contribution in [-0.4, -0.2) is 10.9 Å². The number of pyridine rings is 1. The van der Waals surface area contributed by atoms with Crippen LogP contribution in [0.15, 0.2) is 71.3 Å². The molecule has 2 N–H and O–H groups in total. The molecule has 4 nitrogen and oxygen atoms in total. The number of aryl methyl sites for hydroxylation is 1. The summed E-state index contributed by atoms with van der Waals surface area (Å²) < 4.78 is 1.03. The zero-order valence-electron chi connectivity index (χ0n) is 13.8. The lowest BCUT2D eigenvalue weighted by atomic mass is 10.2. The molecule has 5 heteroatoms. The van der Waals surface area contributed by atoms with Crippen LogP contribution in [0.3, 0.4) is 0 Å². The number of carbonyl (C=O) groups excluding carboxylic acids is 1. The Bertz CT molecular complexity index is 881. The first-order valence-electron chi connectivity index (χ1n) is 7.93. The average molecular weight is 396 g/mol. The number of hydrogen-bond acceptors (Lipinski definition) is 3. The van der Waals surface area contributed by atoms with Gasteiger partial charge in [-0.3, -0.25) is 9.78 Å². The molecule has 1 amide bonds. The normalized spacial score (nSPS) is 10.3. The van der Waals surface area contributed by atoms with Crippen LogP contribution in [0.2, 0.25) is 0 Å². The smallest absolute Gasteiger partial charge is 0.270 e. The minimum atomic E-state index is -0.194. The third-order valence-corrected chi connectivity index (χ3v) is 4.25. The fourth-order valence-corrected chi connectivity index (χ4v) is 2.90. The first kappa shape index (κ1) is 17.2. The van der Waals surface area contributed by atoms with E-state index in [0.717, 1.165) is 27.0 Å². The maximum absolute atomic E-state index is 12.3. The molecule has 0 radical (unpaired) electrons. The fraction of sp³-hybridized carbons (Fsp3) is 0.100. The molecule has 0 saturated heterocycles. The van der Waals surface area contributed by atoms with Gasteiger partial charge in [0.2, 0.25) is 0 Å². The molecule has 0 aliphatic rings. The highest BCUT2D eigenvalue weighted by Crippen LogP contribution is 2.23. The Morgan fingerprint density at radius 1 is 1.08 bits per heavy atom. The lowest BCUT2D eigenvalue weighted by molar-refractivity contribution is 0.0946. The van der Waals surface area contributed by atoms with E-state index in [4.69, 9.17) is 0 Å². The molecule has 0 atom stereocenters. The van der Waals surface area contributed by atoms with Gasteiger partial charge in [0.1, 0.15) is 5.69 Å². The molecule has 2 aromatic carbocycles. The van der Waals surface area contributed by atoms with E-state index >= 15 is 0 Å². The molecule has 1 heterocycles. The molecule has 25 heavy (non-hydrogen) atoms. The second kappa shape index (κ2) is 7.94. The lowest BCUT2D eigenvalue weighted by Gasteiger charge is -2.11. The van der Waals surface area contributed by atoms with Gasteiger partial charge < -0.3 is 10.6 Å². The van der Waals surface area contributed by atoms with Crippen molar-refractivity contribution in [2.24, 2.45) is 0 Å². The van der Waals surface area contributed by atoms with Gasteiger partial charge in [-0.15, -0.1) is 0 Å². The Morgan fingerprint density at radius 2 is 1.88 bits per heavy atom. The van der Waals surface area contributed by atoms with Gasteiger partial charge in [-0.25, -0.2) is 0 Å². The average Bonchev–Trinajstić information content (AvgIpc) is 2.63. The molecule has 0 saturated carbocycles. The van der Waals surface area contributed by atoms with Crippen molar-refractivity contribution in [2.75, 3.05) is 5.32 Å². The Hall–Kier alpha value is -2.66. The first-order valence-corrected chi connectivity index (χ1v) is 8.72. The van der Waals surface area contributed by atoms with E-state index in [0.29, 0.717) is 12.2 Å². The summed E-state index contributed by atoms with van der Waals surface area (Å²) in [6.07, 6.45) is 1.63. The van der Waals surface area contributed by atoms with Gasteiger partial charge in [-0.2, -0.15) is 0 Å². The van der Waals surface area contributed by atoms with Gasteiger partial charge in [0, 0.05) is 28.6 Å². The van der Waals surface area contributed by atoms with Crippen molar-refractivity contribution in [3.63, 3.8) is 0 Å². The van der Waals surface area contributed by atoms with Gasteiger partial charge in [0.25, 0.3) is 5.91 Å². The SMILES string of the molecule is Cc1cc(Br)ccc1Nc1ccnc(C(=O)NCc2ccccc2)c1. The molecule has 0 unspecified atom stereocenters. The number of carbonyl (C=O) groups is 1. The maximum Gasteiger partial charge on any atom is 0.270 e. The van der Waals surface area contributed by atoms with E-state index < -0.39 is 0 Å². The Morgan fingerprint density at radius 3 is 2.64 bits per heavy atom. The third-order valence-electron chi connectivity index (χ3n) is 3.76. The Labute approximate surface area is 155 Å². The number of nitrogens with one attached hydrogen (secondary N) is 2. The summed E-state index contributed by atoms with van der Waals surface area (Å²) in [7, 11) is 0. The molecule has 0 bridgehead atoms. The van der Waals surface area contributed by atoms with Crippen molar-refractivity contribution in [1.29, 1.82) is 0 Å². The predicted molar refractivity (Wildman–Crippen MR) is 104 cm³/mol. The zero-order chi connectivity index (χ0) is 17.6. The topological polar surface area (TPSA) is 54.0 Å². The number of benzene rings is 2. The van der Waals surface area contributed by atoms with Crippen LogP contribution < -0.4 is 10.6 Å². The van der Waals surface area contributed by atoms with Gasteiger partial charge in [-0.1, -0.05) is 46.3 Å². The van der Waals surface area contributed by atoms with Crippen LogP contribution >= 0.6 is 15.9 Å². The first-order chi connectivity index (χ1) is 12.1. The molecular formula is C20H18BrN3O. The Balaban J connectivity index is 1.69. The van der Waals surface area contributed by atoms with Crippen molar-refractivity contribution >= 4 is 33.2 Å². The van der Waals surface area contributed by atoms with Gasteiger partial charge in [0.05, 0.1) is 0 Å². The van der Waals surface area contributed by atoms with E-state index in [1.807, 2.05) is 61.5 Å². The van der Waals surface area contributed by atoms with Crippen molar-refractivity contribution in [2.45, 2.75) is 13.5 Å². The van der Waals surface area contributed by atoms with E-state index in [1.165, 1.54) is 0 Å². The fourth-order valence-electron chi connectivity index (χ4n) is 2.42. The molecule has 3 aromatic rings. The van der Waals surface area contributed by atoms with Crippen LogP contribution in [0.25, 0.3) is 0 Å². The summed E-state index contributed by atoms with van der Waals surface area (Å²) in [4.78, 5) is 16.5. The molecule has 0 aliphatic carbocycles. The van der Waals surface area contributed by atoms with Crippen LogP contribution in [0.1, 0.15) is 21.6 Å². The van der Waals surface area contributed by atoms with Gasteiger partial charge in [-0.05, 0) is 48.4 Å². The Kier molecular flexibility index (Phi) is 5.46. The summed E-state index contributed by atoms with van der Waals surface area (Å²) in [6.45, 7) is 2.51. The van der Waals surface area contributed by atoms with Gasteiger partial charge >= 0.3 is 0 Å². The standard InChI is InChI=1S/C20H18BrN3O/c1-14-11-16(21)7-8-18(14)24-17-9-10-22-19(12-17)20(25)23-13-15-5-3-2-4-6-15/h2-12H,13H2,1H3,(H,22,24)(H,23,25). The summed E-state index contributed by atoms with van der Waals surface area (Å²) in [5.74, 6) is -0.194. The molecule has 3 rings (SSSR count). The third kappa shape index (κ3) is 4.67. The number of hydrogen-bond donors (Lipinski definition) is 2. The predicted octanol–water partition coefficient (Wildman–Crippen LogP) is 4.83. The second-order valence-corrected chi connectivity index (χ2v) is 6.60. The van der Waals surface area contributed by atoms with E-state index in [-0.39, 0.29) is 5.91 Å². The van der Waals surface area contributed by atoms with E-state index in [2.05, 4.69) is 31.5 Å². The largest absolute Gasteiger partial charge is 0.355 e. The molecule has 126 valence electrons. The number of anilines is 2. The van der Waals surface area contributed by atoms with Crippen molar-refractivity contribution in [1.82, 2.24) is 10.3 Å². The monoisotopic (exact) mass is 395 g/mol. The number of halogens is 1. The number of rotatable bonds is 5. The molecule has 0 spiro atoms. The molecular weight excluding hydrogens is 378 g/mol. The summed E-state index contributed by atoms with van der Waals surface area (Å²) in [5.41, 5.74) is 4.36. The summed E-state index contributed by atoms with van der Waals surface area (Å²) in [6, 6.07) is 19.4. The van der Waals surface area contributed by atoms with Crippen molar-refractivity contribution in [3.8, 4) is 0 Å². The van der Waals surface area contributed by atoms with Crippen LogP contribution in [0.4, 0.5) is 11.4 Å². The highest BCUT2D eigenvalue weighted by atomic mass is 79.9. The molecule has 0 aliphatic heterocycles. The maximum atomic E-state index is 12.3. The zero-order valence-corrected chi connectivity index (χ0v) is 15.4. The number of aromatic nitrogens is 1. The number of amides is 1. The minimum absolute atomic E-state index is 0.194. The van der Waals surface area contributed by atoms with E-state index in [9.17, 15) is 4.79 Å². The van der Waals surface area contributed by atoms with Gasteiger partial charge in [0.15, 0.2) is 0 Å². The highest BCUT2D eigenvalue weighted by molar-refractivity contribution is 9.10. The van der Waals surface area contributed by atoms with E-state index in [1.54, 1.807) is 12.3 Å². The highest BCUT2D eigenvalue weighted by Gasteiger charge is 2.08. The number of nitrogens with zero attached hydrogens (tertiary/aromatic N) is 1.